The summed E-state index contributed by atoms with van der Waals surface area (Å²) in [6.45, 7) is 3.24. The summed E-state index contributed by atoms with van der Waals surface area (Å²) in [6.07, 6.45) is 2.63. The lowest BCUT2D eigenvalue weighted by Gasteiger charge is -2.29. The Morgan fingerprint density at radius 2 is 2.19 bits per heavy atom. The normalized spacial score (nSPS) is 16.0. The summed E-state index contributed by atoms with van der Waals surface area (Å²) in [5.41, 5.74) is 2.74. The van der Waals surface area contributed by atoms with Crippen molar-refractivity contribution in [1.82, 2.24) is 5.32 Å². The highest BCUT2D eigenvalue weighted by Gasteiger charge is 2.31. The smallest absolute Gasteiger partial charge is 0.0526 e. The van der Waals surface area contributed by atoms with E-state index in [-0.39, 0.29) is 0 Å². The molecule has 1 unspecified atom stereocenters. The molecule has 1 heterocycles. The molecule has 21 heavy (non-hydrogen) atoms. The number of anilines is 1. The monoisotopic (exact) mass is 364 g/mol. The van der Waals surface area contributed by atoms with Gasteiger partial charge >= 0.3 is 0 Å². The molecule has 2 nitrogen and oxygen atoms in total. The van der Waals surface area contributed by atoms with Crippen LogP contribution in [0.4, 0.5) is 5.69 Å². The fraction of sp³-hybridized carbons (Fsp3) is 0.412. The summed E-state index contributed by atoms with van der Waals surface area (Å²) in [6, 6.07) is 12.1. The van der Waals surface area contributed by atoms with Crippen molar-refractivity contribution in [3.63, 3.8) is 0 Å². The highest BCUT2D eigenvalue weighted by atomic mass is 79.9. The molecule has 1 aromatic carbocycles. The number of hydrogen-bond donors (Lipinski definition) is 1. The molecule has 1 atom stereocenters. The Morgan fingerprint density at radius 1 is 1.38 bits per heavy atom. The Bertz CT molecular complexity index is 593. The van der Waals surface area contributed by atoms with Gasteiger partial charge in [0.1, 0.15) is 0 Å². The molecule has 0 aliphatic heterocycles. The van der Waals surface area contributed by atoms with Crippen LogP contribution < -0.4 is 10.2 Å². The molecular weight excluding hydrogens is 344 g/mol. The highest BCUT2D eigenvalue weighted by Crippen LogP contribution is 2.38. The van der Waals surface area contributed by atoms with Gasteiger partial charge in [-0.05, 0) is 62.0 Å². The number of halogens is 1. The van der Waals surface area contributed by atoms with E-state index >= 15 is 0 Å². The predicted molar refractivity (Wildman–Crippen MR) is 95.1 cm³/mol. The minimum atomic E-state index is 0.349. The Morgan fingerprint density at radius 3 is 2.81 bits per heavy atom. The number of nitrogens with zero attached hydrogens (tertiary/aromatic N) is 1. The topological polar surface area (TPSA) is 15.3 Å². The van der Waals surface area contributed by atoms with E-state index < -0.39 is 0 Å². The molecule has 1 N–H and O–H groups in total. The molecule has 1 fully saturated rings. The van der Waals surface area contributed by atoms with Crippen molar-refractivity contribution >= 4 is 33.0 Å². The van der Waals surface area contributed by atoms with Crippen LogP contribution in [-0.4, -0.2) is 13.1 Å². The van der Waals surface area contributed by atoms with Crippen molar-refractivity contribution in [2.24, 2.45) is 0 Å². The van der Waals surface area contributed by atoms with E-state index in [2.05, 4.69) is 68.8 Å². The predicted octanol–water partition coefficient (Wildman–Crippen LogP) is 4.96. The van der Waals surface area contributed by atoms with E-state index in [0.29, 0.717) is 12.1 Å². The summed E-state index contributed by atoms with van der Waals surface area (Å²) in [4.78, 5) is 4.02. The zero-order valence-electron chi connectivity index (χ0n) is 12.5. The lowest BCUT2D eigenvalue weighted by atomic mass is 10.0. The number of nitrogens with one attached hydrogen (secondary N) is 1. The summed E-state index contributed by atoms with van der Waals surface area (Å²) in [5.74, 6) is 0. The first-order chi connectivity index (χ1) is 10.2. The van der Waals surface area contributed by atoms with Crippen LogP contribution in [0.5, 0.6) is 0 Å². The zero-order chi connectivity index (χ0) is 14.8. The minimum absolute atomic E-state index is 0.349. The molecule has 0 amide bonds. The highest BCUT2D eigenvalue weighted by molar-refractivity contribution is 9.10. The Balaban J connectivity index is 1.95. The third-order valence-corrected chi connectivity index (χ3v) is 5.45. The number of rotatable bonds is 6. The lowest BCUT2D eigenvalue weighted by molar-refractivity contribution is 0.645. The quantitative estimate of drug-likeness (QED) is 0.778. The van der Waals surface area contributed by atoms with E-state index in [0.717, 1.165) is 11.0 Å². The maximum Gasteiger partial charge on any atom is 0.0526 e. The van der Waals surface area contributed by atoms with E-state index in [1.165, 1.54) is 29.0 Å². The number of thiophene rings is 1. The van der Waals surface area contributed by atoms with Crippen molar-refractivity contribution in [3.05, 3.63) is 50.6 Å². The van der Waals surface area contributed by atoms with Gasteiger partial charge in [0.25, 0.3) is 0 Å². The summed E-state index contributed by atoms with van der Waals surface area (Å²) < 4.78 is 1.15. The molecule has 3 rings (SSSR count). The van der Waals surface area contributed by atoms with Crippen molar-refractivity contribution in [2.45, 2.75) is 38.4 Å². The Labute approximate surface area is 139 Å². The van der Waals surface area contributed by atoms with Crippen molar-refractivity contribution in [1.29, 1.82) is 0 Å². The van der Waals surface area contributed by atoms with E-state index in [9.17, 15) is 0 Å². The van der Waals surface area contributed by atoms with Crippen LogP contribution >= 0.6 is 27.3 Å². The van der Waals surface area contributed by atoms with Gasteiger partial charge in [-0.25, -0.2) is 0 Å². The molecular formula is C17H21BrN2S. The Hall–Kier alpha value is -0.840. The van der Waals surface area contributed by atoms with E-state index in [1.807, 2.05) is 18.4 Å². The van der Waals surface area contributed by atoms with E-state index in [4.69, 9.17) is 0 Å². The number of hydrogen-bond acceptors (Lipinski definition) is 3. The van der Waals surface area contributed by atoms with Gasteiger partial charge in [0.2, 0.25) is 0 Å². The molecule has 0 radical (unpaired) electrons. The molecule has 1 aliphatic carbocycles. The van der Waals surface area contributed by atoms with Gasteiger partial charge in [-0.3, -0.25) is 0 Å². The first-order valence-electron chi connectivity index (χ1n) is 7.44. The molecule has 0 bridgehead atoms. The molecule has 0 saturated heterocycles. The van der Waals surface area contributed by atoms with Crippen molar-refractivity contribution in [2.75, 3.05) is 11.9 Å². The van der Waals surface area contributed by atoms with Crippen LogP contribution in [0, 0.1) is 0 Å². The van der Waals surface area contributed by atoms with Crippen LogP contribution in [0.2, 0.25) is 0 Å². The zero-order valence-corrected chi connectivity index (χ0v) is 14.9. The third kappa shape index (κ3) is 3.50. The third-order valence-electron chi connectivity index (χ3n) is 4.09. The Kier molecular flexibility index (Phi) is 4.67. The summed E-state index contributed by atoms with van der Waals surface area (Å²) >= 11 is 5.46. The van der Waals surface area contributed by atoms with Gasteiger partial charge in [-0.15, -0.1) is 11.3 Å². The second kappa shape index (κ2) is 6.51. The molecule has 112 valence electrons. The average molecular weight is 365 g/mol. The fourth-order valence-electron chi connectivity index (χ4n) is 2.66. The molecule has 2 aromatic rings. The summed E-state index contributed by atoms with van der Waals surface area (Å²) in [7, 11) is 2.02. The van der Waals surface area contributed by atoms with Crippen molar-refractivity contribution < 1.29 is 0 Å². The van der Waals surface area contributed by atoms with Gasteiger partial charge in [0, 0.05) is 27.1 Å². The van der Waals surface area contributed by atoms with Gasteiger partial charge in [-0.1, -0.05) is 22.0 Å². The van der Waals surface area contributed by atoms with Gasteiger partial charge in [0.05, 0.1) is 6.54 Å². The van der Waals surface area contributed by atoms with Crippen LogP contribution in [0.15, 0.2) is 40.2 Å². The number of benzene rings is 1. The maximum absolute atomic E-state index is 3.61. The lowest BCUT2D eigenvalue weighted by Crippen LogP contribution is -2.27. The van der Waals surface area contributed by atoms with Crippen LogP contribution in [0.3, 0.4) is 0 Å². The minimum Gasteiger partial charge on any atom is -0.363 e. The van der Waals surface area contributed by atoms with E-state index in [1.54, 1.807) is 0 Å². The standard InChI is InChI=1S/C17H21BrN2S/c1-12(19-2)16-10-13(18)5-8-17(16)20(14-6-7-14)11-15-4-3-9-21-15/h3-5,8-10,12,14,19H,6-7,11H2,1-2H3. The molecule has 1 saturated carbocycles. The largest absolute Gasteiger partial charge is 0.363 e. The SMILES string of the molecule is CNC(C)c1cc(Br)ccc1N(Cc1cccs1)C1CC1. The maximum atomic E-state index is 3.61. The molecule has 0 spiro atoms. The first kappa shape index (κ1) is 15.1. The van der Waals surface area contributed by atoms with Crippen LogP contribution in [0.1, 0.15) is 36.2 Å². The second-order valence-corrected chi connectivity index (χ2v) is 7.60. The fourth-order valence-corrected chi connectivity index (χ4v) is 3.74. The van der Waals surface area contributed by atoms with Crippen molar-refractivity contribution in [3.8, 4) is 0 Å². The molecule has 4 heteroatoms. The van der Waals surface area contributed by atoms with Gasteiger partial charge in [0.15, 0.2) is 0 Å². The first-order valence-corrected chi connectivity index (χ1v) is 9.12. The second-order valence-electron chi connectivity index (χ2n) is 5.65. The average Bonchev–Trinajstić information content (AvgIpc) is 3.21. The van der Waals surface area contributed by atoms with Crippen LogP contribution in [-0.2, 0) is 6.54 Å². The van der Waals surface area contributed by atoms with Gasteiger partial charge in [-0.2, -0.15) is 0 Å². The van der Waals surface area contributed by atoms with Gasteiger partial charge < -0.3 is 10.2 Å². The molecule has 1 aromatic heterocycles. The van der Waals surface area contributed by atoms with Crippen LogP contribution in [0.25, 0.3) is 0 Å². The summed E-state index contributed by atoms with van der Waals surface area (Å²) in [5, 5.41) is 5.54. The molecule has 1 aliphatic rings.